The van der Waals surface area contributed by atoms with Crippen molar-refractivity contribution in [1.82, 2.24) is 14.8 Å². The fourth-order valence-electron chi connectivity index (χ4n) is 3.24. The van der Waals surface area contributed by atoms with Crippen LogP contribution in [0.4, 0.5) is 5.13 Å². The molecule has 0 unspecified atom stereocenters. The van der Waals surface area contributed by atoms with Crippen LogP contribution in [0.2, 0.25) is 0 Å². The average Bonchev–Trinajstić information content (AvgIpc) is 3.42. The number of carbonyl (C=O) groups is 2. The molecule has 0 saturated carbocycles. The maximum Gasteiger partial charge on any atom is 0.257 e. The van der Waals surface area contributed by atoms with E-state index in [0.717, 1.165) is 11.1 Å². The van der Waals surface area contributed by atoms with E-state index in [1.807, 2.05) is 59.4 Å². The van der Waals surface area contributed by atoms with Crippen molar-refractivity contribution in [2.24, 2.45) is 0 Å². The number of Topliss-reactive ketones (excluding diaryl/α,β-unsaturated/α-hetero) is 1. The van der Waals surface area contributed by atoms with E-state index in [4.69, 9.17) is 0 Å². The van der Waals surface area contributed by atoms with Gasteiger partial charge in [0.25, 0.3) is 5.91 Å². The van der Waals surface area contributed by atoms with Crippen molar-refractivity contribution >= 4 is 28.2 Å². The van der Waals surface area contributed by atoms with Crippen LogP contribution in [0.25, 0.3) is 0 Å². The van der Waals surface area contributed by atoms with Crippen LogP contribution in [0.15, 0.2) is 73.1 Å². The molecule has 0 saturated heterocycles. The second-order valence-electron chi connectivity index (χ2n) is 7.20. The van der Waals surface area contributed by atoms with Gasteiger partial charge in [0.2, 0.25) is 0 Å². The minimum Gasteiger partial charge on any atom is -0.298 e. The highest BCUT2D eigenvalue weighted by Gasteiger charge is 2.17. The number of aryl methyl sites for hydroxylation is 2. The number of benzene rings is 2. The minimum atomic E-state index is -0.248. The van der Waals surface area contributed by atoms with Crippen molar-refractivity contribution in [3.8, 4) is 0 Å². The van der Waals surface area contributed by atoms with Gasteiger partial charge in [0, 0.05) is 24.4 Å². The maximum atomic E-state index is 12.6. The van der Waals surface area contributed by atoms with Gasteiger partial charge in [-0.3, -0.25) is 19.6 Å². The van der Waals surface area contributed by atoms with Gasteiger partial charge in [0.05, 0.1) is 17.1 Å². The summed E-state index contributed by atoms with van der Waals surface area (Å²) in [6.07, 6.45) is 4.73. The number of amides is 1. The van der Waals surface area contributed by atoms with Crippen LogP contribution in [0.3, 0.4) is 0 Å². The summed E-state index contributed by atoms with van der Waals surface area (Å²) in [4.78, 5) is 30.2. The molecule has 0 fully saturated rings. The molecule has 7 heteroatoms. The Morgan fingerprint density at radius 3 is 2.48 bits per heavy atom. The monoisotopic (exact) mass is 430 g/mol. The van der Waals surface area contributed by atoms with Gasteiger partial charge in [-0.1, -0.05) is 53.8 Å². The molecule has 0 aliphatic rings. The molecule has 6 nitrogen and oxygen atoms in total. The lowest BCUT2D eigenvalue weighted by Crippen LogP contribution is -2.11. The number of thiazole rings is 1. The zero-order chi connectivity index (χ0) is 21.6. The molecular formula is C24H22N4O2S. The summed E-state index contributed by atoms with van der Waals surface area (Å²) in [6.45, 7) is 2.45. The molecule has 0 radical (unpaired) electrons. The highest BCUT2D eigenvalue weighted by atomic mass is 32.1. The van der Waals surface area contributed by atoms with Crippen LogP contribution < -0.4 is 5.32 Å². The van der Waals surface area contributed by atoms with E-state index in [2.05, 4.69) is 15.4 Å². The molecule has 2 heterocycles. The third-order valence-corrected chi connectivity index (χ3v) is 5.99. The van der Waals surface area contributed by atoms with Gasteiger partial charge in [-0.05, 0) is 42.7 Å². The molecule has 0 bridgehead atoms. The highest BCUT2D eigenvalue weighted by Crippen LogP contribution is 2.25. The van der Waals surface area contributed by atoms with Gasteiger partial charge in [-0.15, -0.1) is 0 Å². The quantitative estimate of drug-likeness (QED) is 0.409. The smallest absolute Gasteiger partial charge is 0.257 e. The number of nitrogens with zero attached hydrogens (tertiary/aromatic N) is 3. The molecule has 2 aromatic heterocycles. The van der Waals surface area contributed by atoms with Crippen molar-refractivity contribution < 1.29 is 9.59 Å². The van der Waals surface area contributed by atoms with E-state index in [-0.39, 0.29) is 11.7 Å². The third kappa shape index (κ3) is 5.32. The van der Waals surface area contributed by atoms with Gasteiger partial charge in [-0.25, -0.2) is 4.98 Å². The predicted molar refractivity (Wildman–Crippen MR) is 122 cm³/mol. The summed E-state index contributed by atoms with van der Waals surface area (Å²) in [5.74, 6) is -0.204. The lowest BCUT2D eigenvalue weighted by Gasteiger charge is -2.05. The minimum absolute atomic E-state index is 0.0438. The number of carbonyl (C=O) groups excluding carboxylic acids is 2. The SMILES string of the molecule is Cc1nc(NC(=O)c2ccc(Cn3cccn3)cc2)sc1C(=O)CCc1ccccc1. The molecule has 0 spiro atoms. The number of rotatable bonds is 8. The van der Waals surface area contributed by atoms with Crippen LogP contribution in [0, 0.1) is 6.92 Å². The summed E-state index contributed by atoms with van der Waals surface area (Å²) in [5.41, 5.74) is 3.36. The number of hydrogen-bond donors (Lipinski definition) is 1. The Morgan fingerprint density at radius 2 is 1.77 bits per heavy atom. The lowest BCUT2D eigenvalue weighted by atomic mass is 10.1. The second kappa shape index (κ2) is 9.49. The first-order chi connectivity index (χ1) is 15.1. The first-order valence-corrected chi connectivity index (χ1v) is 10.8. The normalized spacial score (nSPS) is 10.7. The molecule has 156 valence electrons. The van der Waals surface area contributed by atoms with Crippen molar-refractivity contribution in [3.63, 3.8) is 0 Å². The Kier molecular flexibility index (Phi) is 6.33. The molecule has 1 amide bonds. The summed E-state index contributed by atoms with van der Waals surface area (Å²) >= 11 is 1.23. The first-order valence-electron chi connectivity index (χ1n) is 10.0. The molecular weight excluding hydrogens is 408 g/mol. The Bertz CT molecular complexity index is 1170. The average molecular weight is 431 g/mol. The van der Waals surface area contributed by atoms with Crippen LogP contribution in [0.5, 0.6) is 0 Å². The Morgan fingerprint density at radius 1 is 1.00 bits per heavy atom. The molecule has 4 rings (SSSR count). The Balaban J connectivity index is 1.37. The van der Waals surface area contributed by atoms with Gasteiger partial charge in [-0.2, -0.15) is 5.10 Å². The molecule has 2 aromatic carbocycles. The summed E-state index contributed by atoms with van der Waals surface area (Å²) in [7, 11) is 0. The van der Waals surface area contributed by atoms with Crippen molar-refractivity contribution in [3.05, 3.63) is 100 Å². The van der Waals surface area contributed by atoms with E-state index in [9.17, 15) is 9.59 Å². The number of hydrogen-bond acceptors (Lipinski definition) is 5. The lowest BCUT2D eigenvalue weighted by molar-refractivity contribution is 0.0984. The van der Waals surface area contributed by atoms with Gasteiger partial charge in [0.15, 0.2) is 10.9 Å². The van der Waals surface area contributed by atoms with E-state index in [0.29, 0.717) is 40.7 Å². The molecule has 0 aliphatic heterocycles. The number of aromatic nitrogens is 3. The third-order valence-electron chi connectivity index (χ3n) is 4.87. The zero-order valence-corrected chi connectivity index (χ0v) is 17.9. The van der Waals surface area contributed by atoms with E-state index in [1.165, 1.54) is 11.3 Å². The second-order valence-corrected chi connectivity index (χ2v) is 8.20. The zero-order valence-electron chi connectivity index (χ0n) is 17.1. The van der Waals surface area contributed by atoms with E-state index < -0.39 is 0 Å². The van der Waals surface area contributed by atoms with Crippen LogP contribution in [-0.4, -0.2) is 26.5 Å². The van der Waals surface area contributed by atoms with Gasteiger partial charge in [0.1, 0.15) is 0 Å². The molecule has 4 aromatic rings. The van der Waals surface area contributed by atoms with Crippen LogP contribution in [-0.2, 0) is 13.0 Å². The largest absolute Gasteiger partial charge is 0.298 e. The summed E-state index contributed by atoms with van der Waals surface area (Å²) in [5, 5.41) is 7.43. The Labute approximate surface area is 184 Å². The maximum absolute atomic E-state index is 12.6. The molecule has 0 aliphatic carbocycles. The standard InChI is InChI=1S/C24H22N4O2S/c1-17-22(21(29)13-10-18-6-3-2-4-7-18)31-24(26-17)27-23(30)20-11-8-19(9-12-20)16-28-15-5-14-25-28/h2-9,11-12,14-15H,10,13,16H2,1H3,(H,26,27,30). The highest BCUT2D eigenvalue weighted by molar-refractivity contribution is 7.17. The van der Waals surface area contributed by atoms with Crippen molar-refractivity contribution in [2.45, 2.75) is 26.3 Å². The van der Waals surface area contributed by atoms with Gasteiger partial charge >= 0.3 is 0 Å². The van der Waals surface area contributed by atoms with Crippen molar-refractivity contribution in [1.29, 1.82) is 0 Å². The van der Waals surface area contributed by atoms with Crippen LogP contribution in [0.1, 0.15) is 43.3 Å². The summed E-state index contributed by atoms with van der Waals surface area (Å²) in [6, 6.07) is 19.2. The topological polar surface area (TPSA) is 76.9 Å². The summed E-state index contributed by atoms with van der Waals surface area (Å²) < 4.78 is 1.82. The number of nitrogens with one attached hydrogen (secondary N) is 1. The number of anilines is 1. The predicted octanol–water partition coefficient (Wildman–Crippen LogP) is 4.76. The molecule has 31 heavy (non-hydrogen) atoms. The fourth-order valence-corrected chi connectivity index (χ4v) is 4.17. The first kappa shape index (κ1) is 20.7. The van der Waals surface area contributed by atoms with Gasteiger partial charge < -0.3 is 0 Å². The van der Waals surface area contributed by atoms with E-state index in [1.54, 1.807) is 25.3 Å². The fraction of sp³-hybridized carbons (Fsp3) is 0.167. The molecule has 1 N–H and O–H groups in total. The van der Waals surface area contributed by atoms with Crippen molar-refractivity contribution in [2.75, 3.05) is 5.32 Å². The molecule has 0 atom stereocenters. The van der Waals surface area contributed by atoms with Crippen LogP contribution >= 0.6 is 11.3 Å². The number of ketones is 1. The Hall–Kier alpha value is -3.58. The van der Waals surface area contributed by atoms with E-state index >= 15 is 0 Å².